The molecule has 0 bridgehead atoms. The van der Waals surface area contributed by atoms with E-state index in [1.807, 2.05) is 0 Å². The van der Waals surface area contributed by atoms with Gasteiger partial charge in [-0.1, -0.05) is 0 Å². The Labute approximate surface area is 141 Å². The molecule has 12 heteroatoms. The molecule has 1 fully saturated rings. The Hall–Kier alpha value is -2.37. The standard InChI is InChI=1S/C11H19N3O4.C2HF3O2/c1-6(15)12-5-9-7(10(16)14(2)3)4-8(13-9)11(17)18;3-2(4,5)1(6)7/h7-9,13H,4-5H2,1-3H3,(H,12,15)(H,17,18);(H,6,7)/t7-,8-,9+;/m1./s1. The first-order valence-corrected chi connectivity index (χ1v) is 7.02. The van der Waals surface area contributed by atoms with Crippen LogP contribution in [0, 0.1) is 5.92 Å². The van der Waals surface area contributed by atoms with Crippen molar-refractivity contribution in [1.29, 1.82) is 0 Å². The van der Waals surface area contributed by atoms with Gasteiger partial charge in [-0.25, -0.2) is 4.79 Å². The van der Waals surface area contributed by atoms with Gasteiger partial charge in [0.05, 0.1) is 5.92 Å². The molecular formula is C13H20F3N3O6. The second-order valence-electron chi connectivity index (χ2n) is 5.48. The van der Waals surface area contributed by atoms with Crippen molar-refractivity contribution in [3.05, 3.63) is 0 Å². The molecule has 0 aromatic carbocycles. The smallest absolute Gasteiger partial charge is 0.480 e. The van der Waals surface area contributed by atoms with Crippen molar-refractivity contribution in [1.82, 2.24) is 15.5 Å². The Morgan fingerprint density at radius 1 is 1.20 bits per heavy atom. The van der Waals surface area contributed by atoms with Crippen LogP contribution in [0.3, 0.4) is 0 Å². The van der Waals surface area contributed by atoms with Crippen LogP contribution < -0.4 is 10.6 Å². The molecule has 1 heterocycles. The summed E-state index contributed by atoms with van der Waals surface area (Å²) in [5, 5.41) is 21.6. The molecule has 0 radical (unpaired) electrons. The van der Waals surface area contributed by atoms with Crippen molar-refractivity contribution in [2.24, 2.45) is 5.92 Å². The average molecular weight is 371 g/mol. The van der Waals surface area contributed by atoms with Gasteiger partial charge in [0.2, 0.25) is 11.8 Å². The Balaban J connectivity index is 0.000000697. The van der Waals surface area contributed by atoms with E-state index < -0.39 is 30.1 Å². The van der Waals surface area contributed by atoms with Crippen molar-refractivity contribution in [3.63, 3.8) is 0 Å². The first-order chi connectivity index (χ1) is 11.3. The minimum Gasteiger partial charge on any atom is -0.480 e. The molecule has 2 amide bonds. The Kier molecular flexibility index (Phi) is 8.33. The number of amides is 2. The van der Waals surface area contributed by atoms with E-state index in [4.69, 9.17) is 15.0 Å². The van der Waals surface area contributed by atoms with Crippen LogP contribution in [-0.4, -0.2) is 77.8 Å². The fraction of sp³-hybridized carbons (Fsp3) is 0.692. The molecule has 0 aliphatic carbocycles. The van der Waals surface area contributed by atoms with E-state index in [-0.39, 0.29) is 30.8 Å². The van der Waals surface area contributed by atoms with Crippen molar-refractivity contribution in [2.45, 2.75) is 31.6 Å². The summed E-state index contributed by atoms with van der Waals surface area (Å²) < 4.78 is 31.7. The number of aliphatic carboxylic acids is 2. The molecule has 0 aromatic heterocycles. The van der Waals surface area contributed by atoms with Gasteiger partial charge in [0.15, 0.2) is 0 Å². The number of carbonyl (C=O) groups is 4. The summed E-state index contributed by atoms with van der Waals surface area (Å²) in [6, 6.07) is -1.08. The summed E-state index contributed by atoms with van der Waals surface area (Å²) in [5.74, 6) is -4.48. The third-order valence-electron chi connectivity index (χ3n) is 3.26. The van der Waals surface area contributed by atoms with E-state index in [0.29, 0.717) is 0 Å². The third-order valence-corrected chi connectivity index (χ3v) is 3.26. The summed E-state index contributed by atoms with van der Waals surface area (Å²) >= 11 is 0. The molecule has 0 unspecified atom stereocenters. The quantitative estimate of drug-likeness (QED) is 0.512. The lowest BCUT2D eigenvalue weighted by atomic mass is 9.97. The number of nitrogens with one attached hydrogen (secondary N) is 2. The summed E-state index contributed by atoms with van der Waals surface area (Å²) in [4.78, 5) is 44.1. The predicted octanol–water partition coefficient (Wildman–Crippen LogP) is -0.725. The molecule has 9 nitrogen and oxygen atoms in total. The van der Waals surface area contributed by atoms with Gasteiger partial charge < -0.3 is 20.4 Å². The molecule has 0 saturated carbocycles. The highest BCUT2D eigenvalue weighted by molar-refractivity contribution is 5.82. The highest BCUT2D eigenvalue weighted by atomic mass is 19.4. The molecule has 4 N–H and O–H groups in total. The molecule has 1 saturated heterocycles. The highest BCUT2D eigenvalue weighted by Crippen LogP contribution is 2.22. The number of carboxylic acid groups (broad SMARTS) is 2. The number of halogens is 3. The molecule has 0 spiro atoms. The van der Waals surface area contributed by atoms with Crippen LogP contribution in [0.25, 0.3) is 0 Å². The van der Waals surface area contributed by atoms with Crippen molar-refractivity contribution < 1.29 is 42.6 Å². The molecule has 3 atom stereocenters. The Morgan fingerprint density at radius 2 is 1.68 bits per heavy atom. The number of carboxylic acids is 2. The second kappa shape index (κ2) is 9.20. The maximum atomic E-state index is 11.9. The minimum absolute atomic E-state index is 0.124. The zero-order chi connectivity index (χ0) is 19.9. The summed E-state index contributed by atoms with van der Waals surface area (Å²) in [6.45, 7) is 1.63. The molecule has 25 heavy (non-hydrogen) atoms. The maximum Gasteiger partial charge on any atom is 0.490 e. The van der Waals surface area contributed by atoms with Crippen LogP contribution in [0.4, 0.5) is 13.2 Å². The fourth-order valence-electron chi connectivity index (χ4n) is 2.09. The lowest BCUT2D eigenvalue weighted by Gasteiger charge is -2.22. The molecule has 1 rings (SSSR count). The van der Waals surface area contributed by atoms with Gasteiger partial charge in [-0.3, -0.25) is 19.7 Å². The molecule has 144 valence electrons. The van der Waals surface area contributed by atoms with E-state index in [1.54, 1.807) is 14.1 Å². The monoisotopic (exact) mass is 371 g/mol. The van der Waals surface area contributed by atoms with Gasteiger partial charge >= 0.3 is 18.1 Å². The van der Waals surface area contributed by atoms with Crippen LogP contribution in [0.15, 0.2) is 0 Å². The van der Waals surface area contributed by atoms with Crippen molar-refractivity contribution >= 4 is 23.8 Å². The SMILES string of the molecule is CC(=O)NC[C@@H]1N[C@@H](C(=O)O)C[C@H]1C(=O)N(C)C.O=C(O)C(F)(F)F. The topological polar surface area (TPSA) is 136 Å². The van der Waals surface area contributed by atoms with Gasteiger partial charge in [-0.2, -0.15) is 13.2 Å². The van der Waals surface area contributed by atoms with Crippen molar-refractivity contribution in [3.8, 4) is 0 Å². The van der Waals surface area contributed by atoms with Crippen LogP contribution >= 0.6 is 0 Å². The van der Waals surface area contributed by atoms with E-state index in [9.17, 15) is 27.6 Å². The van der Waals surface area contributed by atoms with Crippen LogP contribution in [0.5, 0.6) is 0 Å². The first-order valence-electron chi connectivity index (χ1n) is 7.02. The van der Waals surface area contributed by atoms with Gasteiger partial charge in [0.25, 0.3) is 0 Å². The largest absolute Gasteiger partial charge is 0.490 e. The molecule has 1 aliphatic heterocycles. The van der Waals surface area contributed by atoms with E-state index in [2.05, 4.69) is 10.6 Å². The van der Waals surface area contributed by atoms with Crippen LogP contribution in [0.2, 0.25) is 0 Å². The first kappa shape index (κ1) is 22.6. The number of hydrogen-bond donors (Lipinski definition) is 4. The van der Waals surface area contributed by atoms with Crippen molar-refractivity contribution in [2.75, 3.05) is 20.6 Å². The maximum absolute atomic E-state index is 11.9. The number of rotatable bonds is 4. The summed E-state index contributed by atoms with van der Waals surface area (Å²) in [6.07, 6.45) is -4.84. The normalized spacial score (nSPS) is 22.4. The average Bonchev–Trinajstić information content (AvgIpc) is 2.88. The second-order valence-corrected chi connectivity index (χ2v) is 5.48. The van der Waals surface area contributed by atoms with Gasteiger partial charge in [0.1, 0.15) is 6.04 Å². The van der Waals surface area contributed by atoms with Crippen LogP contribution in [0.1, 0.15) is 13.3 Å². The molecule has 1 aliphatic rings. The number of nitrogens with zero attached hydrogens (tertiary/aromatic N) is 1. The van der Waals surface area contributed by atoms with E-state index >= 15 is 0 Å². The van der Waals surface area contributed by atoms with E-state index in [1.165, 1.54) is 11.8 Å². The summed E-state index contributed by atoms with van der Waals surface area (Å²) in [5.41, 5.74) is 0. The molecule has 0 aromatic rings. The number of carbonyl (C=O) groups excluding carboxylic acids is 2. The summed E-state index contributed by atoms with van der Waals surface area (Å²) in [7, 11) is 3.26. The van der Waals surface area contributed by atoms with Crippen LogP contribution in [-0.2, 0) is 19.2 Å². The predicted molar refractivity (Wildman–Crippen MR) is 77.5 cm³/mol. The van der Waals surface area contributed by atoms with E-state index in [0.717, 1.165) is 0 Å². The number of hydrogen-bond acceptors (Lipinski definition) is 5. The lowest BCUT2D eigenvalue weighted by molar-refractivity contribution is -0.192. The molecular weight excluding hydrogens is 351 g/mol. The third kappa shape index (κ3) is 7.83. The van der Waals surface area contributed by atoms with Gasteiger partial charge in [-0.15, -0.1) is 0 Å². The zero-order valence-corrected chi connectivity index (χ0v) is 13.8. The zero-order valence-electron chi connectivity index (χ0n) is 13.8. The minimum atomic E-state index is -5.08. The fourth-order valence-corrected chi connectivity index (χ4v) is 2.09. The Morgan fingerprint density at radius 3 is 2.00 bits per heavy atom. The lowest BCUT2D eigenvalue weighted by Crippen LogP contribution is -2.46. The van der Waals surface area contributed by atoms with Gasteiger partial charge in [-0.05, 0) is 6.42 Å². The highest BCUT2D eigenvalue weighted by Gasteiger charge is 2.41. The Bertz CT molecular complexity index is 524. The number of alkyl halides is 3. The van der Waals surface area contributed by atoms with Gasteiger partial charge in [0, 0.05) is 33.6 Å².